The van der Waals surface area contributed by atoms with E-state index in [1.807, 2.05) is 19.1 Å². The Morgan fingerprint density at radius 3 is 2.54 bits per heavy atom. The molecule has 2 aromatic heterocycles. The number of carbonyl (C=O) groups is 1. The molecule has 1 N–H and O–H groups in total. The summed E-state index contributed by atoms with van der Waals surface area (Å²) in [6.45, 7) is 6.44. The number of anilines is 1. The summed E-state index contributed by atoms with van der Waals surface area (Å²) >= 11 is 0. The Balaban J connectivity index is 1.69. The highest BCUT2D eigenvalue weighted by Gasteiger charge is 2.21. The lowest BCUT2D eigenvalue weighted by molar-refractivity contribution is -0.135. The third-order valence-electron chi connectivity index (χ3n) is 4.64. The maximum Gasteiger partial charge on any atom is 0.254 e. The number of aromatic nitrogens is 3. The Bertz CT molecular complexity index is 839. The van der Waals surface area contributed by atoms with Gasteiger partial charge in [-0.2, -0.15) is 0 Å². The number of nitrogens with one attached hydrogen (secondary N) is 1. The van der Waals surface area contributed by atoms with Crippen LogP contribution in [0.5, 0.6) is 0 Å². The molecule has 138 valence electrons. The van der Waals surface area contributed by atoms with Crippen LogP contribution in [0.25, 0.3) is 11.4 Å². The van der Waals surface area contributed by atoms with E-state index in [-0.39, 0.29) is 18.1 Å². The third kappa shape index (κ3) is 3.75. The quantitative estimate of drug-likeness (QED) is 0.868. The Kier molecular flexibility index (Phi) is 5.32. The van der Waals surface area contributed by atoms with Gasteiger partial charge in [0, 0.05) is 56.3 Å². The van der Waals surface area contributed by atoms with Crippen LogP contribution in [0.1, 0.15) is 11.3 Å². The summed E-state index contributed by atoms with van der Waals surface area (Å²) in [7, 11) is 1.53. The molecule has 1 saturated heterocycles. The molecule has 0 atom stereocenters. The van der Waals surface area contributed by atoms with Gasteiger partial charge in [-0.05, 0) is 26.0 Å². The van der Waals surface area contributed by atoms with E-state index in [1.54, 1.807) is 18.0 Å². The summed E-state index contributed by atoms with van der Waals surface area (Å²) in [6.07, 6.45) is 1.71. The first kappa shape index (κ1) is 18.1. The second-order valence-electron chi connectivity index (χ2n) is 6.33. The zero-order valence-corrected chi connectivity index (χ0v) is 15.3. The number of nitrogens with zero attached hydrogens (tertiary/aromatic N) is 4. The van der Waals surface area contributed by atoms with Crippen LogP contribution in [-0.2, 0) is 9.53 Å². The standard InChI is InChI=1S/C18H23N5O3/c1-12-13(2)20-17(21-18(12)25)14-4-5-15(19-10-14)22-6-8-23(9-7-22)16(24)11-26-3/h4-5,10H,6-9,11H2,1-3H3,(H,20,21,25). The van der Waals surface area contributed by atoms with E-state index in [4.69, 9.17) is 4.74 Å². The molecule has 1 amide bonds. The maximum absolute atomic E-state index is 11.9. The van der Waals surface area contributed by atoms with Crippen molar-refractivity contribution in [3.05, 3.63) is 39.9 Å². The largest absolute Gasteiger partial charge is 0.375 e. The predicted octanol–water partition coefficient (Wildman–Crippen LogP) is 0.744. The Morgan fingerprint density at radius 1 is 1.23 bits per heavy atom. The van der Waals surface area contributed by atoms with Crippen LogP contribution in [0.2, 0.25) is 0 Å². The molecule has 0 unspecified atom stereocenters. The van der Waals surface area contributed by atoms with Gasteiger partial charge in [-0.25, -0.2) is 9.97 Å². The third-order valence-corrected chi connectivity index (χ3v) is 4.64. The number of hydrogen-bond donors (Lipinski definition) is 1. The molecule has 8 nitrogen and oxygen atoms in total. The van der Waals surface area contributed by atoms with Crippen molar-refractivity contribution in [2.75, 3.05) is 44.8 Å². The molecule has 0 radical (unpaired) electrons. The monoisotopic (exact) mass is 357 g/mol. The van der Waals surface area contributed by atoms with Crippen molar-refractivity contribution in [2.45, 2.75) is 13.8 Å². The Morgan fingerprint density at radius 2 is 1.96 bits per heavy atom. The lowest BCUT2D eigenvalue weighted by atomic mass is 10.2. The minimum absolute atomic E-state index is 0.0141. The van der Waals surface area contributed by atoms with Crippen LogP contribution in [0, 0.1) is 13.8 Å². The van der Waals surface area contributed by atoms with Crippen LogP contribution in [0.3, 0.4) is 0 Å². The zero-order chi connectivity index (χ0) is 18.7. The number of piperazine rings is 1. The number of methoxy groups -OCH3 is 1. The van der Waals surface area contributed by atoms with Gasteiger partial charge >= 0.3 is 0 Å². The minimum Gasteiger partial charge on any atom is -0.375 e. The first-order valence-electron chi connectivity index (χ1n) is 8.55. The van der Waals surface area contributed by atoms with Crippen molar-refractivity contribution in [3.8, 4) is 11.4 Å². The second-order valence-corrected chi connectivity index (χ2v) is 6.33. The molecular weight excluding hydrogens is 334 g/mol. The predicted molar refractivity (Wildman–Crippen MR) is 98.2 cm³/mol. The molecule has 3 heterocycles. The van der Waals surface area contributed by atoms with Gasteiger partial charge in [0.25, 0.3) is 5.56 Å². The van der Waals surface area contributed by atoms with Crippen molar-refractivity contribution in [2.24, 2.45) is 0 Å². The first-order chi connectivity index (χ1) is 12.5. The molecule has 1 aliphatic heterocycles. The lowest BCUT2D eigenvalue weighted by Crippen LogP contribution is -2.49. The van der Waals surface area contributed by atoms with Gasteiger partial charge in [-0.1, -0.05) is 0 Å². The summed E-state index contributed by atoms with van der Waals surface area (Å²) in [5, 5.41) is 0. The van der Waals surface area contributed by atoms with Crippen molar-refractivity contribution >= 4 is 11.7 Å². The van der Waals surface area contributed by atoms with Gasteiger partial charge < -0.3 is 19.5 Å². The molecule has 3 rings (SSSR count). The number of carbonyl (C=O) groups excluding carboxylic acids is 1. The summed E-state index contributed by atoms with van der Waals surface area (Å²) in [4.78, 5) is 39.4. The fraction of sp³-hybridized carbons (Fsp3) is 0.444. The van der Waals surface area contributed by atoms with Crippen molar-refractivity contribution in [3.63, 3.8) is 0 Å². The number of H-pyrrole nitrogens is 1. The van der Waals surface area contributed by atoms with Crippen molar-refractivity contribution in [1.29, 1.82) is 0 Å². The second kappa shape index (κ2) is 7.65. The van der Waals surface area contributed by atoms with E-state index in [1.165, 1.54) is 7.11 Å². The highest BCUT2D eigenvalue weighted by Crippen LogP contribution is 2.19. The van der Waals surface area contributed by atoms with E-state index in [0.29, 0.717) is 30.2 Å². The number of aromatic amines is 1. The van der Waals surface area contributed by atoms with Gasteiger partial charge in [0.05, 0.1) is 0 Å². The molecule has 0 bridgehead atoms. The molecule has 0 saturated carbocycles. The van der Waals surface area contributed by atoms with Crippen LogP contribution in [0.4, 0.5) is 5.82 Å². The average Bonchev–Trinajstić information content (AvgIpc) is 2.66. The molecule has 2 aromatic rings. The fourth-order valence-corrected chi connectivity index (χ4v) is 2.89. The molecule has 8 heteroatoms. The topological polar surface area (TPSA) is 91.4 Å². The number of amides is 1. The van der Waals surface area contributed by atoms with Crippen LogP contribution in [-0.4, -0.2) is 65.7 Å². The number of aryl methyl sites for hydroxylation is 1. The minimum atomic E-state index is -0.131. The van der Waals surface area contributed by atoms with Crippen LogP contribution >= 0.6 is 0 Å². The first-order valence-corrected chi connectivity index (χ1v) is 8.55. The van der Waals surface area contributed by atoms with E-state index >= 15 is 0 Å². The van der Waals surface area contributed by atoms with E-state index in [2.05, 4.69) is 19.9 Å². The fourth-order valence-electron chi connectivity index (χ4n) is 2.89. The molecule has 0 aromatic carbocycles. The molecular formula is C18H23N5O3. The molecule has 1 aliphatic rings. The lowest BCUT2D eigenvalue weighted by Gasteiger charge is -2.35. The number of ether oxygens (including phenoxy) is 1. The number of hydrogen-bond acceptors (Lipinski definition) is 6. The molecule has 0 spiro atoms. The summed E-state index contributed by atoms with van der Waals surface area (Å²) in [5.41, 5.74) is 1.97. The number of pyridine rings is 1. The van der Waals surface area contributed by atoms with Crippen LogP contribution < -0.4 is 10.5 Å². The number of rotatable bonds is 4. The normalized spacial score (nSPS) is 14.6. The van der Waals surface area contributed by atoms with E-state index in [9.17, 15) is 9.59 Å². The SMILES string of the molecule is COCC(=O)N1CCN(c2ccc(-c3nc(C)c(C)c(=O)[nH]3)cn2)CC1. The van der Waals surface area contributed by atoms with E-state index < -0.39 is 0 Å². The van der Waals surface area contributed by atoms with Gasteiger partial charge in [0.2, 0.25) is 5.91 Å². The van der Waals surface area contributed by atoms with Gasteiger partial charge in [0.1, 0.15) is 18.2 Å². The van der Waals surface area contributed by atoms with Gasteiger partial charge in [-0.3, -0.25) is 9.59 Å². The molecule has 0 aliphatic carbocycles. The van der Waals surface area contributed by atoms with Gasteiger partial charge in [-0.15, -0.1) is 0 Å². The summed E-state index contributed by atoms with van der Waals surface area (Å²) in [6, 6.07) is 3.81. The smallest absolute Gasteiger partial charge is 0.254 e. The highest BCUT2D eigenvalue weighted by atomic mass is 16.5. The average molecular weight is 357 g/mol. The molecule has 1 fully saturated rings. The summed E-state index contributed by atoms with van der Waals surface area (Å²) < 4.78 is 4.90. The molecule has 26 heavy (non-hydrogen) atoms. The summed E-state index contributed by atoms with van der Waals surface area (Å²) in [5.74, 6) is 1.38. The van der Waals surface area contributed by atoms with Crippen molar-refractivity contribution < 1.29 is 9.53 Å². The zero-order valence-electron chi connectivity index (χ0n) is 15.3. The van der Waals surface area contributed by atoms with Gasteiger partial charge in [0.15, 0.2) is 0 Å². The Labute approximate surface area is 151 Å². The maximum atomic E-state index is 11.9. The Hall–Kier alpha value is -2.74. The van der Waals surface area contributed by atoms with E-state index in [0.717, 1.165) is 24.5 Å². The van der Waals surface area contributed by atoms with Crippen molar-refractivity contribution in [1.82, 2.24) is 19.9 Å². The van der Waals surface area contributed by atoms with Crippen LogP contribution in [0.15, 0.2) is 23.1 Å². The highest BCUT2D eigenvalue weighted by molar-refractivity contribution is 5.77.